The summed E-state index contributed by atoms with van der Waals surface area (Å²) in [5, 5.41) is 0. The first kappa shape index (κ1) is 29.5. The van der Waals surface area contributed by atoms with E-state index in [9.17, 15) is 31.1 Å². The van der Waals surface area contributed by atoms with Gasteiger partial charge in [-0.2, -0.15) is 26.3 Å². The van der Waals surface area contributed by atoms with Crippen LogP contribution < -0.4 is 0 Å². The van der Waals surface area contributed by atoms with Gasteiger partial charge in [-0.25, -0.2) is 0 Å². The molecule has 2 fully saturated rings. The first-order valence-corrected chi connectivity index (χ1v) is 10.6. The first-order valence-electron chi connectivity index (χ1n) is 10.6. The van der Waals surface area contributed by atoms with E-state index in [2.05, 4.69) is 6.92 Å². The van der Waals surface area contributed by atoms with Crippen molar-refractivity contribution in [2.45, 2.75) is 105 Å². The zero-order chi connectivity index (χ0) is 22.5. The number of hydrogen-bond acceptors (Lipinski definition) is 1. The van der Waals surface area contributed by atoms with E-state index >= 15 is 0 Å². The van der Waals surface area contributed by atoms with Crippen molar-refractivity contribution >= 4 is 5.78 Å². The van der Waals surface area contributed by atoms with Crippen molar-refractivity contribution < 1.29 is 31.1 Å². The third-order valence-corrected chi connectivity index (χ3v) is 5.07. The largest absolute Gasteiger partial charge is 0.400 e. The van der Waals surface area contributed by atoms with E-state index in [1.54, 1.807) is 0 Å². The molecule has 1 nitrogen and oxygen atoms in total. The summed E-state index contributed by atoms with van der Waals surface area (Å²) in [4.78, 5) is 10.6. The van der Waals surface area contributed by atoms with Crippen molar-refractivity contribution in [2.75, 3.05) is 0 Å². The van der Waals surface area contributed by atoms with Gasteiger partial charge in [-0.1, -0.05) is 54.4 Å². The van der Waals surface area contributed by atoms with Gasteiger partial charge in [0, 0.05) is 12.8 Å². The fourth-order valence-corrected chi connectivity index (χ4v) is 3.42. The van der Waals surface area contributed by atoms with Crippen molar-refractivity contribution in [1.82, 2.24) is 0 Å². The van der Waals surface area contributed by atoms with Gasteiger partial charge in [0.2, 0.25) is 0 Å². The minimum Gasteiger partial charge on any atom is -0.300 e. The van der Waals surface area contributed by atoms with Gasteiger partial charge in [0.05, 0.1) is 0 Å². The normalized spacial score (nSPS) is 23.5. The maximum Gasteiger partial charge on any atom is 0.400 e. The Morgan fingerprint density at radius 3 is 1.29 bits per heavy atom. The molecule has 2 rings (SSSR count). The maximum absolute atomic E-state index is 12.4. The monoisotopic (exact) mass is 420 g/mol. The Kier molecular flexibility index (Phi) is 15.0. The summed E-state index contributed by atoms with van der Waals surface area (Å²) in [6.07, 6.45) is -5.50. The molecule has 0 aromatic rings. The average Bonchev–Trinajstić information content (AvgIpc) is 2.61. The van der Waals surface area contributed by atoms with Crippen LogP contribution in [0.2, 0.25) is 0 Å². The number of hydrogen-bond donors (Lipinski definition) is 0. The van der Waals surface area contributed by atoms with E-state index < -0.39 is 24.2 Å². The van der Waals surface area contributed by atoms with Crippen molar-refractivity contribution in [2.24, 2.45) is 23.7 Å². The van der Waals surface area contributed by atoms with Crippen LogP contribution in [0.5, 0.6) is 0 Å². The van der Waals surface area contributed by atoms with Gasteiger partial charge >= 0.3 is 12.4 Å². The van der Waals surface area contributed by atoms with Crippen LogP contribution >= 0.6 is 0 Å². The van der Waals surface area contributed by atoms with Gasteiger partial charge in [0.25, 0.3) is 0 Å². The van der Waals surface area contributed by atoms with E-state index in [1.807, 2.05) is 34.6 Å². The van der Waals surface area contributed by atoms with Gasteiger partial charge in [0.1, 0.15) is 5.78 Å². The molecule has 28 heavy (non-hydrogen) atoms. The maximum atomic E-state index is 12.4. The van der Waals surface area contributed by atoms with E-state index in [0.717, 1.165) is 31.6 Å². The minimum absolute atomic E-state index is 0.0187. The third-order valence-electron chi connectivity index (χ3n) is 5.07. The van der Waals surface area contributed by atoms with Crippen LogP contribution in [0, 0.1) is 23.7 Å². The molecule has 2 aliphatic carbocycles. The number of ketones is 1. The topological polar surface area (TPSA) is 17.1 Å². The summed E-state index contributed by atoms with van der Waals surface area (Å²) >= 11 is 0. The Bertz CT molecular complexity index is 371. The van der Waals surface area contributed by atoms with Crippen LogP contribution in [0.1, 0.15) is 92.9 Å². The minimum atomic E-state index is -5.18. The van der Waals surface area contributed by atoms with Crippen molar-refractivity contribution in [3.63, 3.8) is 0 Å². The summed E-state index contributed by atoms with van der Waals surface area (Å²) in [6.45, 7) is 12.1. The highest BCUT2D eigenvalue weighted by Gasteiger charge is 2.59. The van der Waals surface area contributed by atoms with E-state index in [1.165, 1.54) is 0 Å². The molecule has 2 aliphatic rings. The number of rotatable bonds is 1. The van der Waals surface area contributed by atoms with Crippen molar-refractivity contribution in [1.29, 1.82) is 0 Å². The second-order valence-electron chi connectivity index (χ2n) is 7.30. The second-order valence-corrected chi connectivity index (χ2v) is 7.30. The van der Waals surface area contributed by atoms with Crippen LogP contribution in [0.15, 0.2) is 0 Å². The highest BCUT2D eigenvalue weighted by atomic mass is 19.4. The molecule has 0 bridgehead atoms. The summed E-state index contributed by atoms with van der Waals surface area (Å²) in [5.41, 5.74) is 0. The summed E-state index contributed by atoms with van der Waals surface area (Å²) in [5.74, 6) is -2.95. The highest BCUT2D eigenvalue weighted by molar-refractivity contribution is 5.78. The van der Waals surface area contributed by atoms with Crippen LogP contribution in [0.4, 0.5) is 26.3 Å². The summed E-state index contributed by atoms with van der Waals surface area (Å²) in [6, 6.07) is 0. The van der Waals surface area contributed by atoms with E-state index in [0.29, 0.717) is 18.6 Å². The first-order chi connectivity index (χ1) is 12.9. The van der Waals surface area contributed by atoms with Crippen LogP contribution in [-0.2, 0) is 4.79 Å². The van der Waals surface area contributed by atoms with Gasteiger partial charge in [0.15, 0.2) is 5.92 Å². The Balaban J connectivity index is 0. The predicted octanol–water partition coefficient (Wildman–Crippen LogP) is 8.37. The molecule has 0 unspecified atom stereocenters. The summed E-state index contributed by atoms with van der Waals surface area (Å²) in [7, 11) is 0. The second kappa shape index (κ2) is 14.3. The van der Waals surface area contributed by atoms with Gasteiger partial charge in [-0.3, -0.25) is 4.79 Å². The lowest BCUT2D eigenvalue weighted by atomic mass is 9.76. The molecule has 0 radical (unpaired) electrons. The molecule has 0 aromatic heterocycles. The Hall–Kier alpha value is -0.750. The number of Topliss-reactive ketones (excluding diaryl/α,β-unsaturated/α-hetero) is 1. The molecule has 0 amide bonds. The standard InChI is InChI=1S/C10H14F6.C7H12O.2C2H6/c1-6-2-4-7(5-3-6)8(9(11,12)13)10(14,15)16;1-6-2-4-7(8)5-3-6;2*1-2/h6-8H,2-5H2,1H3;6H,2-5H2,1H3;2*1-2H3. The highest BCUT2D eigenvalue weighted by Crippen LogP contribution is 2.48. The van der Waals surface area contributed by atoms with Crippen LogP contribution in [0.25, 0.3) is 0 Å². The third kappa shape index (κ3) is 11.9. The lowest BCUT2D eigenvalue weighted by Gasteiger charge is -2.34. The molecule has 0 aliphatic heterocycles. The molecular weight excluding hydrogens is 382 g/mol. The van der Waals surface area contributed by atoms with Crippen molar-refractivity contribution in [3.05, 3.63) is 0 Å². The van der Waals surface area contributed by atoms with E-state index in [4.69, 9.17) is 0 Å². The Morgan fingerprint density at radius 1 is 0.679 bits per heavy atom. The quantitative estimate of drug-likeness (QED) is 0.389. The molecule has 2 saturated carbocycles. The average molecular weight is 421 g/mol. The number of halogens is 6. The predicted molar refractivity (Wildman–Crippen MR) is 102 cm³/mol. The lowest BCUT2D eigenvalue weighted by Crippen LogP contribution is -2.43. The smallest absolute Gasteiger partial charge is 0.300 e. The number of carbonyl (C=O) groups is 1. The molecular formula is C21H38F6O. The van der Waals surface area contributed by atoms with E-state index in [-0.39, 0.29) is 18.8 Å². The Labute approximate surface area is 166 Å². The number of carbonyl (C=O) groups excluding carboxylic acids is 1. The zero-order valence-electron chi connectivity index (χ0n) is 18.1. The SMILES string of the molecule is CC.CC.CC1CCC(=O)CC1.CC1CCC(C(C(F)(F)F)C(F)(F)F)CC1. The van der Waals surface area contributed by atoms with Crippen LogP contribution in [0.3, 0.4) is 0 Å². The van der Waals surface area contributed by atoms with Gasteiger partial charge in [-0.05, 0) is 43.4 Å². The zero-order valence-corrected chi connectivity index (χ0v) is 18.1. The fraction of sp³-hybridized carbons (Fsp3) is 0.952. The molecule has 0 spiro atoms. The molecule has 0 atom stereocenters. The molecule has 0 heterocycles. The molecule has 0 N–H and O–H groups in total. The molecule has 0 saturated heterocycles. The van der Waals surface area contributed by atoms with Crippen molar-refractivity contribution in [3.8, 4) is 0 Å². The summed E-state index contributed by atoms with van der Waals surface area (Å²) < 4.78 is 74.3. The fourth-order valence-electron chi connectivity index (χ4n) is 3.42. The van der Waals surface area contributed by atoms with Crippen LogP contribution in [-0.4, -0.2) is 18.1 Å². The molecule has 7 heteroatoms. The lowest BCUT2D eigenvalue weighted by molar-refractivity contribution is -0.301. The Morgan fingerprint density at radius 2 is 1.00 bits per heavy atom. The molecule has 170 valence electrons. The van der Waals surface area contributed by atoms with Gasteiger partial charge < -0.3 is 0 Å². The van der Waals surface area contributed by atoms with Gasteiger partial charge in [-0.15, -0.1) is 0 Å². The molecule has 0 aromatic carbocycles. The number of alkyl halides is 6.